The zero-order valence-corrected chi connectivity index (χ0v) is 23.8. The molecule has 1 aliphatic carbocycles. The van der Waals surface area contributed by atoms with Crippen molar-refractivity contribution >= 4 is 5.69 Å². The zero-order chi connectivity index (χ0) is 27.2. The number of benzene rings is 3. The lowest BCUT2D eigenvalue weighted by Crippen LogP contribution is -2.24. The van der Waals surface area contributed by atoms with E-state index in [1.54, 1.807) is 20.3 Å². The molecular formula is C34H44N2O3. The van der Waals surface area contributed by atoms with Crippen LogP contribution in [0, 0.1) is 0 Å². The Morgan fingerprint density at radius 3 is 2.28 bits per heavy atom. The van der Waals surface area contributed by atoms with Gasteiger partial charge in [0.1, 0.15) is 5.75 Å². The number of rotatable bonds is 9. The minimum absolute atomic E-state index is 0.256. The molecule has 208 valence electrons. The van der Waals surface area contributed by atoms with Crippen LogP contribution in [0.15, 0.2) is 54.6 Å². The van der Waals surface area contributed by atoms with Crippen LogP contribution in [-0.4, -0.2) is 43.4 Å². The summed E-state index contributed by atoms with van der Waals surface area (Å²) in [4.78, 5) is 2.61. The monoisotopic (exact) mass is 528 g/mol. The normalized spacial score (nSPS) is 18.6. The van der Waals surface area contributed by atoms with Gasteiger partial charge in [0.2, 0.25) is 0 Å². The van der Waals surface area contributed by atoms with Gasteiger partial charge in [0.05, 0.1) is 14.2 Å². The number of phenols is 1. The van der Waals surface area contributed by atoms with Crippen LogP contribution in [0.3, 0.4) is 0 Å². The molecular weight excluding hydrogens is 484 g/mol. The molecule has 0 radical (unpaired) electrons. The zero-order valence-electron chi connectivity index (χ0n) is 23.8. The third-order valence-corrected chi connectivity index (χ3v) is 8.49. The number of hydrogen-bond acceptors (Lipinski definition) is 5. The molecule has 2 unspecified atom stereocenters. The number of hydrogen-bond donors (Lipinski definition) is 2. The van der Waals surface area contributed by atoms with Crippen LogP contribution in [-0.2, 0) is 25.8 Å². The van der Waals surface area contributed by atoms with E-state index in [0.29, 0.717) is 11.7 Å². The molecule has 1 saturated heterocycles. The number of nitrogens with one attached hydrogen (secondary N) is 1. The largest absolute Gasteiger partial charge is 0.508 e. The maximum absolute atomic E-state index is 9.92. The Bertz CT molecular complexity index is 1230. The van der Waals surface area contributed by atoms with Gasteiger partial charge in [0.25, 0.3) is 0 Å². The summed E-state index contributed by atoms with van der Waals surface area (Å²) in [5.74, 6) is 2.23. The Morgan fingerprint density at radius 2 is 1.56 bits per heavy atom. The first kappa shape index (κ1) is 27.4. The number of phenolic OH excluding ortho intramolecular Hbond substituents is 1. The van der Waals surface area contributed by atoms with E-state index in [0.717, 1.165) is 49.4 Å². The van der Waals surface area contributed by atoms with Crippen molar-refractivity contribution in [3.05, 3.63) is 82.4 Å². The molecule has 1 aliphatic heterocycles. The fourth-order valence-electron chi connectivity index (χ4n) is 6.37. The lowest BCUT2D eigenvalue weighted by atomic mass is 9.79. The first-order valence-corrected chi connectivity index (χ1v) is 14.7. The third kappa shape index (κ3) is 6.88. The van der Waals surface area contributed by atoms with Gasteiger partial charge in [0, 0.05) is 24.3 Å². The van der Waals surface area contributed by atoms with Gasteiger partial charge in [-0.25, -0.2) is 0 Å². The lowest BCUT2D eigenvalue weighted by Gasteiger charge is -2.29. The highest BCUT2D eigenvalue weighted by atomic mass is 16.5. The Morgan fingerprint density at radius 1 is 0.872 bits per heavy atom. The maximum Gasteiger partial charge on any atom is 0.162 e. The molecule has 0 aromatic heterocycles. The molecule has 1 fully saturated rings. The SMILES string of the molecule is COc1cc(NC(C)Cc2ccc(CN3CCCCCC3)cc2)c(C2CCc3cc(O)ccc3C2)cc1OC. The molecule has 2 aliphatic rings. The average Bonchev–Trinajstić information content (AvgIpc) is 3.22. The summed E-state index contributed by atoms with van der Waals surface area (Å²) in [6.07, 6.45) is 9.31. The summed E-state index contributed by atoms with van der Waals surface area (Å²) in [6.45, 7) is 5.77. The van der Waals surface area contributed by atoms with Crippen LogP contribution in [0.25, 0.3) is 0 Å². The fourth-order valence-corrected chi connectivity index (χ4v) is 6.37. The molecule has 0 bridgehead atoms. The number of ether oxygens (including phenoxy) is 2. The molecule has 2 N–H and O–H groups in total. The summed E-state index contributed by atoms with van der Waals surface area (Å²) in [7, 11) is 3.40. The summed E-state index contributed by atoms with van der Waals surface area (Å²) >= 11 is 0. The highest BCUT2D eigenvalue weighted by Crippen LogP contribution is 2.42. The van der Waals surface area contributed by atoms with E-state index in [1.807, 2.05) is 6.07 Å². The van der Waals surface area contributed by atoms with E-state index in [-0.39, 0.29) is 6.04 Å². The summed E-state index contributed by atoms with van der Waals surface area (Å²) in [5.41, 5.74) is 7.72. The minimum atomic E-state index is 0.256. The second-order valence-electron chi connectivity index (χ2n) is 11.4. The molecule has 39 heavy (non-hydrogen) atoms. The Labute approximate surface area is 234 Å². The number of nitrogens with zero attached hydrogens (tertiary/aromatic N) is 1. The predicted molar refractivity (Wildman–Crippen MR) is 159 cm³/mol. The Hall–Kier alpha value is -3.18. The van der Waals surface area contributed by atoms with Crippen molar-refractivity contribution in [1.29, 1.82) is 0 Å². The smallest absolute Gasteiger partial charge is 0.162 e. The van der Waals surface area contributed by atoms with Gasteiger partial charge < -0.3 is 19.9 Å². The predicted octanol–water partition coefficient (Wildman–Crippen LogP) is 7.10. The first-order chi connectivity index (χ1) is 19.0. The van der Waals surface area contributed by atoms with Gasteiger partial charge in [-0.3, -0.25) is 4.90 Å². The van der Waals surface area contributed by atoms with Crippen molar-refractivity contribution in [3.8, 4) is 17.2 Å². The van der Waals surface area contributed by atoms with Gasteiger partial charge in [0.15, 0.2) is 11.5 Å². The van der Waals surface area contributed by atoms with E-state index in [2.05, 4.69) is 59.6 Å². The molecule has 5 heteroatoms. The van der Waals surface area contributed by atoms with E-state index < -0.39 is 0 Å². The number of anilines is 1. The van der Waals surface area contributed by atoms with Gasteiger partial charge in [-0.15, -0.1) is 0 Å². The third-order valence-electron chi connectivity index (χ3n) is 8.49. The number of fused-ring (bicyclic) bond motifs is 1. The van der Waals surface area contributed by atoms with Crippen LogP contribution in [0.1, 0.15) is 72.8 Å². The minimum Gasteiger partial charge on any atom is -0.508 e. The van der Waals surface area contributed by atoms with Crippen molar-refractivity contribution < 1.29 is 14.6 Å². The fraction of sp³-hybridized carbons (Fsp3) is 0.471. The van der Waals surface area contributed by atoms with Gasteiger partial charge in [-0.2, -0.15) is 0 Å². The average molecular weight is 529 g/mol. The molecule has 5 rings (SSSR count). The van der Waals surface area contributed by atoms with E-state index >= 15 is 0 Å². The second-order valence-corrected chi connectivity index (χ2v) is 11.4. The van der Waals surface area contributed by atoms with E-state index in [4.69, 9.17) is 9.47 Å². The summed E-state index contributed by atoms with van der Waals surface area (Å²) in [6, 6.07) is 19.5. The lowest BCUT2D eigenvalue weighted by molar-refractivity contribution is 0.277. The molecule has 3 aromatic rings. The highest BCUT2D eigenvalue weighted by molar-refractivity contribution is 5.63. The quantitative estimate of drug-likeness (QED) is 0.310. The highest BCUT2D eigenvalue weighted by Gasteiger charge is 2.25. The van der Waals surface area contributed by atoms with Gasteiger partial charge >= 0.3 is 0 Å². The van der Waals surface area contributed by atoms with Gasteiger partial charge in [-0.1, -0.05) is 43.2 Å². The number of aryl methyl sites for hydroxylation is 1. The van der Waals surface area contributed by atoms with Crippen molar-refractivity contribution in [3.63, 3.8) is 0 Å². The van der Waals surface area contributed by atoms with Crippen molar-refractivity contribution in [2.24, 2.45) is 0 Å². The second kappa shape index (κ2) is 12.8. The Kier molecular flexibility index (Phi) is 8.98. The molecule has 1 heterocycles. The molecule has 2 atom stereocenters. The van der Waals surface area contributed by atoms with Crippen LogP contribution >= 0.6 is 0 Å². The molecule has 3 aromatic carbocycles. The molecule has 0 saturated carbocycles. The number of aromatic hydroxyl groups is 1. The van der Waals surface area contributed by atoms with Crippen LogP contribution < -0.4 is 14.8 Å². The topological polar surface area (TPSA) is 54.0 Å². The molecule has 0 spiro atoms. The van der Waals surface area contributed by atoms with E-state index in [9.17, 15) is 5.11 Å². The maximum atomic E-state index is 9.92. The van der Waals surface area contributed by atoms with Crippen molar-refractivity contribution in [1.82, 2.24) is 4.90 Å². The van der Waals surface area contributed by atoms with Crippen molar-refractivity contribution in [2.45, 2.75) is 76.8 Å². The Balaban J connectivity index is 1.29. The first-order valence-electron chi connectivity index (χ1n) is 14.7. The molecule has 5 nitrogen and oxygen atoms in total. The number of methoxy groups -OCH3 is 2. The molecule has 0 amide bonds. The van der Waals surface area contributed by atoms with Gasteiger partial charge in [-0.05, 0) is 110 Å². The van der Waals surface area contributed by atoms with Crippen molar-refractivity contribution in [2.75, 3.05) is 32.6 Å². The van der Waals surface area contributed by atoms with Crippen LogP contribution in [0.4, 0.5) is 5.69 Å². The summed E-state index contributed by atoms with van der Waals surface area (Å²) in [5, 5.41) is 13.7. The number of likely N-dealkylation sites (tertiary alicyclic amines) is 1. The summed E-state index contributed by atoms with van der Waals surface area (Å²) < 4.78 is 11.4. The van der Waals surface area contributed by atoms with Crippen LogP contribution in [0.5, 0.6) is 17.2 Å². The van der Waals surface area contributed by atoms with Crippen LogP contribution in [0.2, 0.25) is 0 Å². The standard InChI is InChI=1S/C34H44N2O3/c1-24(18-25-8-10-26(11-9-25)23-36-16-6-4-5-7-17-36)35-32-22-34(39-3)33(38-2)21-31(32)29-13-12-28-20-30(37)15-14-27(28)19-29/h8-11,14-15,20-22,24,29,35,37H,4-7,12-13,16-19,23H2,1-3H3. The van der Waals surface area contributed by atoms with E-state index in [1.165, 1.54) is 66.6 Å².